The van der Waals surface area contributed by atoms with E-state index in [0.717, 1.165) is 24.9 Å². The third-order valence-electron chi connectivity index (χ3n) is 3.03. The number of benzene rings is 2. The van der Waals surface area contributed by atoms with E-state index >= 15 is 0 Å². The Balaban J connectivity index is 2.16. The van der Waals surface area contributed by atoms with Crippen LogP contribution in [0.25, 0.3) is 22.6 Å². The molecule has 0 unspecified atom stereocenters. The molecule has 3 aromatic rings. The highest BCUT2D eigenvalue weighted by Gasteiger charge is 2.12. The Kier molecular flexibility index (Phi) is 4.21. The van der Waals surface area contributed by atoms with Crippen LogP contribution in [0, 0.1) is 3.57 Å². The molecule has 0 spiro atoms. The van der Waals surface area contributed by atoms with Gasteiger partial charge in [0.05, 0.1) is 9.26 Å². The van der Waals surface area contributed by atoms with Crippen molar-refractivity contribution in [3.63, 3.8) is 0 Å². The van der Waals surface area contributed by atoms with Crippen LogP contribution >= 0.6 is 38.5 Å². The Bertz CT molecular complexity index is 774. The van der Waals surface area contributed by atoms with E-state index in [2.05, 4.69) is 48.5 Å². The zero-order valence-electron chi connectivity index (χ0n) is 10.9. The minimum Gasteiger partial charge on any atom is -0.383 e. The number of hydrogen-bond donors (Lipinski definition) is 1. The number of hydrogen-bond acceptors (Lipinski definition) is 3. The van der Waals surface area contributed by atoms with Crippen LogP contribution in [-0.2, 0) is 0 Å². The molecule has 2 N–H and O–H groups in total. The monoisotopic (exact) mass is 451 g/mol. The van der Waals surface area contributed by atoms with Crippen molar-refractivity contribution in [3.8, 4) is 22.6 Å². The Morgan fingerprint density at radius 3 is 2.19 bits per heavy atom. The predicted octanol–water partition coefficient (Wildman–Crippen LogP) is 4.76. The molecule has 0 fully saturated rings. The molecule has 3 rings (SSSR count). The third-order valence-corrected chi connectivity index (χ3v) is 4.62. The van der Waals surface area contributed by atoms with E-state index in [1.807, 2.05) is 54.6 Å². The molecule has 21 heavy (non-hydrogen) atoms. The van der Waals surface area contributed by atoms with Crippen molar-refractivity contribution >= 4 is 44.3 Å². The summed E-state index contributed by atoms with van der Waals surface area (Å²) < 4.78 is 1.90. The van der Waals surface area contributed by atoms with Crippen molar-refractivity contribution < 1.29 is 0 Å². The van der Waals surface area contributed by atoms with Gasteiger partial charge in [-0.2, -0.15) is 0 Å². The molecule has 0 radical (unpaired) electrons. The molecule has 0 atom stereocenters. The maximum Gasteiger partial charge on any atom is 0.162 e. The van der Waals surface area contributed by atoms with Gasteiger partial charge in [0.1, 0.15) is 5.82 Å². The van der Waals surface area contributed by atoms with Crippen LogP contribution < -0.4 is 5.73 Å². The Hall–Kier alpha value is -1.47. The second kappa shape index (κ2) is 6.11. The van der Waals surface area contributed by atoms with Crippen molar-refractivity contribution in [2.45, 2.75) is 0 Å². The van der Waals surface area contributed by atoms with E-state index in [-0.39, 0.29) is 0 Å². The van der Waals surface area contributed by atoms with Crippen LogP contribution in [0.1, 0.15) is 0 Å². The molecule has 0 amide bonds. The Morgan fingerprint density at radius 2 is 1.52 bits per heavy atom. The van der Waals surface area contributed by atoms with E-state index in [9.17, 15) is 0 Å². The van der Waals surface area contributed by atoms with Gasteiger partial charge in [0.2, 0.25) is 0 Å². The SMILES string of the molecule is Nc1nc(-c2ccc(Br)cc2)nc(-c2ccccc2)c1I. The first kappa shape index (κ1) is 14.5. The Labute approximate surface area is 144 Å². The first-order valence-electron chi connectivity index (χ1n) is 6.29. The largest absolute Gasteiger partial charge is 0.383 e. The van der Waals surface area contributed by atoms with Crippen LogP contribution in [0.4, 0.5) is 5.82 Å². The number of anilines is 1. The summed E-state index contributed by atoms with van der Waals surface area (Å²) in [7, 11) is 0. The molecular weight excluding hydrogens is 441 g/mol. The molecule has 0 aliphatic rings. The lowest BCUT2D eigenvalue weighted by atomic mass is 10.1. The lowest BCUT2D eigenvalue weighted by molar-refractivity contribution is 1.17. The number of aromatic nitrogens is 2. The van der Waals surface area contributed by atoms with Gasteiger partial charge < -0.3 is 5.73 Å². The van der Waals surface area contributed by atoms with E-state index < -0.39 is 0 Å². The van der Waals surface area contributed by atoms with E-state index in [0.29, 0.717) is 11.6 Å². The van der Waals surface area contributed by atoms with Gasteiger partial charge in [-0.25, -0.2) is 9.97 Å². The second-order valence-corrected chi connectivity index (χ2v) is 6.46. The molecule has 104 valence electrons. The number of halogens is 2. The fourth-order valence-corrected chi connectivity index (χ4v) is 2.80. The fourth-order valence-electron chi connectivity index (χ4n) is 1.98. The van der Waals surface area contributed by atoms with Crippen LogP contribution in [0.2, 0.25) is 0 Å². The summed E-state index contributed by atoms with van der Waals surface area (Å²) in [4.78, 5) is 9.09. The van der Waals surface area contributed by atoms with Crippen molar-refractivity contribution in [1.29, 1.82) is 0 Å². The summed E-state index contributed by atoms with van der Waals surface area (Å²) in [5.74, 6) is 1.14. The highest BCUT2D eigenvalue weighted by molar-refractivity contribution is 14.1. The first-order valence-corrected chi connectivity index (χ1v) is 8.16. The Morgan fingerprint density at radius 1 is 0.857 bits per heavy atom. The van der Waals surface area contributed by atoms with Crippen LogP contribution in [-0.4, -0.2) is 9.97 Å². The molecule has 3 nitrogen and oxygen atoms in total. The summed E-state index contributed by atoms with van der Waals surface area (Å²) >= 11 is 5.62. The van der Waals surface area contributed by atoms with Gasteiger partial charge in [0.15, 0.2) is 5.82 Å². The minimum absolute atomic E-state index is 0.502. The maximum absolute atomic E-state index is 6.06. The second-order valence-electron chi connectivity index (χ2n) is 4.47. The summed E-state index contributed by atoms with van der Waals surface area (Å²) in [5, 5.41) is 0. The summed E-state index contributed by atoms with van der Waals surface area (Å²) in [6.07, 6.45) is 0. The standard InChI is InChI=1S/C16H11BrIN3/c17-12-8-6-11(7-9-12)16-20-14(13(18)15(19)21-16)10-4-2-1-3-5-10/h1-9H,(H2,19,20,21). The van der Waals surface area contributed by atoms with Gasteiger partial charge in [0.25, 0.3) is 0 Å². The molecule has 1 heterocycles. The quantitative estimate of drug-likeness (QED) is 0.571. The molecule has 0 bridgehead atoms. The lowest BCUT2D eigenvalue weighted by Crippen LogP contribution is -2.02. The number of nitrogens with two attached hydrogens (primary N) is 1. The van der Waals surface area contributed by atoms with Gasteiger partial charge in [0, 0.05) is 15.6 Å². The van der Waals surface area contributed by atoms with Gasteiger partial charge in [-0.3, -0.25) is 0 Å². The van der Waals surface area contributed by atoms with Crippen molar-refractivity contribution in [2.75, 3.05) is 5.73 Å². The van der Waals surface area contributed by atoms with Gasteiger partial charge in [-0.1, -0.05) is 58.4 Å². The van der Waals surface area contributed by atoms with Crippen LogP contribution in [0.3, 0.4) is 0 Å². The summed E-state index contributed by atoms with van der Waals surface area (Å²) in [5.41, 5.74) is 8.90. The predicted molar refractivity (Wildman–Crippen MR) is 97.7 cm³/mol. The molecular formula is C16H11BrIN3. The first-order chi connectivity index (χ1) is 10.1. The average molecular weight is 452 g/mol. The number of rotatable bonds is 2. The molecule has 0 aliphatic carbocycles. The molecule has 5 heteroatoms. The smallest absolute Gasteiger partial charge is 0.162 e. The lowest BCUT2D eigenvalue weighted by Gasteiger charge is -2.09. The summed E-state index contributed by atoms with van der Waals surface area (Å²) in [6.45, 7) is 0. The van der Waals surface area contributed by atoms with Crippen molar-refractivity contribution in [2.24, 2.45) is 0 Å². The molecule has 0 saturated carbocycles. The zero-order chi connectivity index (χ0) is 14.8. The van der Waals surface area contributed by atoms with Crippen LogP contribution in [0.5, 0.6) is 0 Å². The van der Waals surface area contributed by atoms with Crippen molar-refractivity contribution in [3.05, 3.63) is 62.6 Å². The molecule has 0 saturated heterocycles. The highest BCUT2D eigenvalue weighted by Crippen LogP contribution is 2.29. The topological polar surface area (TPSA) is 51.8 Å². The zero-order valence-corrected chi connectivity index (χ0v) is 14.7. The van der Waals surface area contributed by atoms with Gasteiger partial charge in [-0.15, -0.1) is 0 Å². The maximum atomic E-state index is 6.06. The van der Waals surface area contributed by atoms with E-state index in [4.69, 9.17) is 5.73 Å². The molecule has 0 aliphatic heterocycles. The van der Waals surface area contributed by atoms with Gasteiger partial charge in [-0.05, 0) is 34.7 Å². The number of nitrogens with zero attached hydrogens (tertiary/aromatic N) is 2. The van der Waals surface area contributed by atoms with Gasteiger partial charge >= 0.3 is 0 Å². The minimum atomic E-state index is 0.502. The third kappa shape index (κ3) is 3.08. The molecule has 1 aromatic heterocycles. The van der Waals surface area contributed by atoms with Crippen LogP contribution in [0.15, 0.2) is 59.1 Å². The highest BCUT2D eigenvalue weighted by atomic mass is 127. The molecule has 2 aromatic carbocycles. The van der Waals surface area contributed by atoms with Crippen molar-refractivity contribution in [1.82, 2.24) is 9.97 Å². The fraction of sp³-hybridized carbons (Fsp3) is 0. The number of nitrogen functional groups attached to an aromatic ring is 1. The van der Waals surface area contributed by atoms with E-state index in [1.165, 1.54) is 0 Å². The summed E-state index contributed by atoms with van der Waals surface area (Å²) in [6, 6.07) is 17.9. The average Bonchev–Trinajstić information content (AvgIpc) is 2.51. The normalized spacial score (nSPS) is 10.6. The van der Waals surface area contributed by atoms with E-state index in [1.54, 1.807) is 0 Å².